The number of hydrogen-bond donors (Lipinski definition) is 2. The Morgan fingerprint density at radius 2 is 1.84 bits per heavy atom. The van der Waals surface area contributed by atoms with Crippen LogP contribution in [0.15, 0.2) is 30.3 Å². The van der Waals surface area contributed by atoms with Crippen molar-refractivity contribution in [2.75, 3.05) is 50.7 Å². The highest BCUT2D eigenvalue weighted by Crippen LogP contribution is 2.15. The van der Waals surface area contributed by atoms with Crippen LogP contribution in [0.4, 0.5) is 5.69 Å². The third-order valence-electron chi connectivity index (χ3n) is 4.86. The van der Waals surface area contributed by atoms with Crippen LogP contribution in [0, 0.1) is 0 Å². The first kappa shape index (κ1) is 22.0. The van der Waals surface area contributed by atoms with Crippen LogP contribution in [0.25, 0.3) is 0 Å². The maximum absolute atomic E-state index is 12.0. The molecule has 2 aliphatic heterocycles. The molecular weight excluding hydrogens is 359 g/mol. The number of hydrogen-bond acceptors (Lipinski definition) is 4. The summed E-state index contributed by atoms with van der Waals surface area (Å²) in [5.41, 5.74) is 1.30. The Balaban J connectivity index is 0.00000156. The van der Waals surface area contributed by atoms with E-state index in [1.54, 1.807) is 0 Å². The van der Waals surface area contributed by atoms with Gasteiger partial charge in [-0.1, -0.05) is 18.2 Å². The number of amides is 1. The number of benzene rings is 1. The average molecular weight is 389 g/mol. The zero-order chi connectivity index (χ0) is 15.9. The lowest BCUT2D eigenvalue weighted by Gasteiger charge is -2.36. The van der Waals surface area contributed by atoms with E-state index >= 15 is 0 Å². The summed E-state index contributed by atoms with van der Waals surface area (Å²) in [5, 5.41) is 6.47. The van der Waals surface area contributed by atoms with Crippen LogP contribution in [0.1, 0.15) is 19.3 Å². The minimum absolute atomic E-state index is 0. The summed E-state index contributed by atoms with van der Waals surface area (Å²) >= 11 is 0. The van der Waals surface area contributed by atoms with Gasteiger partial charge in [0.05, 0.1) is 0 Å². The molecule has 1 amide bonds. The van der Waals surface area contributed by atoms with Crippen molar-refractivity contribution < 1.29 is 4.79 Å². The first-order valence-corrected chi connectivity index (χ1v) is 8.84. The number of nitrogens with one attached hydrogen (secondary N) is 2. The Morgan fingerprint density at radius 1 is 1.12 bits per heavy atom. The zero-order valence-electron chi connectivity index (χ0n) is 14.7. The molecule has 7 heteroatoms. The Labute approximate surface area is 163 Å². The van der Waals surface area contributed by atoms with Gasteiger partial charge in [-0.25, -0.2) is 0 Å². The standard InChI is InChI=1S/C18H28N4O.2ClH/c23-18(20-15-16-5-4-9-19-16)8-10-21-11-13-22(14-12-21)17-6-2-1-3-7-17;;/h1-3,6-7,16,19H,4-5,8-15H2,(H,20,23);2*1H. The number of para-hydroxylation sites is 1. The van der Waals surface area contributed by atoms with Crippen molar-refractivity contribution in [2.45, 2.75) is 25.3 Å². The fourth-order valence-electron chi connectivity index (χ4n) is 3.38. The van der Waals surface area contributed by atoms with Crippen molar-refractivity contribution in [2.24, 2.45) is 0 Å². The normalized spacial score (nSPS) is 20.5. The maximum Gasteiger partial charge on any atom is 0.221 e. The van der Waals surface area contributed by atoms with Crippen LogP contribution in [0.3, 0.4) is 0 Å². The molecule has 0 spiro atoms. The molecule has 0 saturated carbocycles. The second-order valence-corrected chi connectivity index (χ2v) is 6.51. The first-order valence-electron chi connectivity index (χ1n) is 8.84. The number of carbonyl (C=O) groups is 1. The second-order valence-electron chi connectivity index (χ2n) is 6.51. The van der Waals surface area contributed by atoms with Crippen LogP contribution >= 0.6 is 24.8 Å². The van der Waals surface area contributed by atoms with E-state index in [0.29, 0.717) is 12.5 Å². The molecule has 5 nitrogen and oxygen atoms in total. The fourth-order valence-corrected chi connectivity index (χ4v) is 3.38. The molecule has 0 aromatic heterocycles. The third kappa shape index (κ3) is 7.02. The van der Waals surface area contributed by atoms with Crippen molar-refractivity contribution in [3.63, 3.8) is 0 Å². The van der Waals surface area contributed by atoms with E-state index < -0.39 is 0 Å². The van der Waals surface area contributed by atoms with Gasteiger partial charge in [-0.05, 0) is 31.5 Å². The molecule has 2 aliphatic rings. The fraction of sp³-hybridized carbons (Fsp3) is 0.611. The summed E-state index contributed by atoms with van der Waals surface area (Å²) in [6, 6.07) is 11.0. The lowest BCUT2D eigenvalue weighted by atomic mass is 10.2. The Hall–Kier alpha value is -1.01. The van der Waals surface area contributed by atoms with Gasteiger partial charge in [0, 0.05) is 57.4 Å². The highest BCUT2D eigenvalue weighted by Gasteiger charge is 2.18. The molecule has 142 valence electrons. The summed E-state index contributed by atoms with van der Waals surface area (Å²) in [7, 11) is 0. The quantitative estimate of drug-likeness (QED) is 0.781. The van der Waals surface area contributed by atoms with Gasteiger partial charge < -0.3 is 15.5 Å². The number of carbonyl (C=O) groups excluding carboxylic acids is 1. The van der Waals surface area contributed by atoms with Crippen molar-refractivity contribution >= 4 is 36.4 Å². The summed E-state index contributed by atoms with van der Waals surface area (Å²) in [5.74, 6) is 0.184. The molecular formula is C18H30Cl2N4O. The molecule has 0 radical (unpaired) electrons. The lowest BCUT2D eigenvalue weighted by molar-refractivity contribution is -0.121. The van der Waals surface area contributed by atoms with Crippen LogP contribution in [-0.4, -0.2) is 62.7 Å². The average Bonchev–Trinajstić information content (AvgIpc) is 3.13. The van der Waals surface area contributed by atoms with Crippen molar-refractivity contribution in [1.82, 2.24) is 15.5 Å². The molecule has 2 N–H and O–H groups in total. The lowest BCUT2D eigenvalue weighted by Crippen LogP contribution is -2.47. The summed E-state index contributed by atoms with van der Waals surface area (Å²) in [4.78, 5) is 16.8. The van der Waals surface area contributed by atoms with Gasteiger partial charge in [0.2, 0.25) is 5.91 Å². The molecule has 0 aliphatic carbocycles. The van der Waals surface area contributed by atoms with E-state index in [9.17, 15) is 4.79 Å². The molecule has 0 bridgehead atoms. The maximum atomic E-state index is 12.0. The Bertz CT molecular complexity index is 489. The molecule has 2 heterocycles. The van der Waals surface area contributed by atoms with Gasteiger partial charge in [0.25, 0.3) is 0 Å². The zero-order valence-corrected chi connectivity index (χ0v) is 16.3. The number of piperazine rings is 1. The van der Waals surface area contributed by atoms with Crippen LogP contribution in [0.5, 0.6) is 0 Å². The van der Waals surface area contributed by atoms with E-state index in [4.69, 9.17) is 0 Å². The molecule has 2 saturated heterocycles. The van der Waals surface area contributed by atoms with Crippen molar-refractivity contribution in [3.05, 3.63) is 30.3 Å². The summed E-state index contributed by atoms with van der Waals surface area (Å²) < 4.78 is 0. The van der Waals surface area contributed by atoms with Crippen molar-refractivity contribution in [1.29, 1.82) is 0 Å². The van der Waals surface area contributed by atoms with Gasteiger partial charge in [0.1, 0.15) is 0 Å². The number of rotatable bonds is 6. The summed E-state index contributed by atoms with van der Waals surface area (Å²) in [6.45, 7) is 6.88. The van der Waals surface area contributed by atoms with E-state index in [1.807, 2.05) is 0 Å². The summed E-state index contributed by atoms with van der Waals surface area (Å²) in [6.07, 6.45) is 3.02. The van der Waals surface area contributed by atoms with Gasteiger partial charge in [-0.2, -0.15) is 0 Å². The van der Waals surface area contributed by atoms with Crippen LogP contribution in [0.2, 0.25) is 0 Å². The molecule has 1 unspecified atom stereocenters. The van der Waals surface area contributed by atoms with E-state index in [1.165, 1.54) is 18.5 Å². The van der Waals surface area contributed by atoms with Gasteiger partial charge >= 0.3 is 0 Å². The highest BCUT2D eigenvalue weighted by molar-refractivity contribution is 5.85. The minimum atomic E-state index is 0. The SMILES string of the molecule is Cl.Cl.O=C(CCN1CCN(c2ccccc2)CC1)NCC1CCCN1. The molecule has 25 heavy (non-hydrogen) atoms. The largest absolute Gasteiger partial charge is 0.369 e. The molecule has 2 fully saturated rings. The Morgan fingerprint density at radius 3 is 2.48 bits per heavy atom. The topological polar surface area (TPSA) is 47.6 Å². The second kappa shape index (κ2) is 11.6. The van der Waals surface area contributed by atoms with E-state index in [-0.39, 0.29) is 30.7 Å². The van der Waals surface area contributed by atoms with Gasteiger partial charge in [-0.15, -0.1) is 24.8 Å². The number of halogens is 2. The van der Waals surface area contributed by atoms with Crippen molar-refractivity contribution in [3.8, 4) is 0 Å². The third-order valence-corrected chi connectivity index (χ3v) is 4.86. The molecule has 1 aromatic rings. The predicted molar refractivity (Wildman–Crippen MR) is 108 cm³/mol. The van der Waals surface area contributed by atoms with Gasteiger partial charge in [-0.3, -0.25) is 9.69 Å². The van der Waals surface area contributed by atoms with E-state index in [0.717, 1.165) is 45.8 Å². The minimum Gasteiger partial charge on any atom is -0.369 e. The smallest absolute Gasteiger partial charge is 0.221 e. The molecule has 1 aromatic carbocycles. The van der Waals surface area contributed by atoms with Crippen LogP contribution < -0.4 is 15.5 Å². The van der Waals surface area contributed by atoms with Gasteiger partial charge in [0.15, 0.2) is 0 Å². The van der Waals surface area contributed by atoms with Crippen LogP contribution in [-0.2, 0) is 4.79 Å². The molecule has 3 rings (SSSR count). The molecule has 1 atom stereocenters. The Kier molecular flexibility index (Phi) is 10.2. The monoisotopic (exact) mass is 388 g/mol. The first-order chi connectivity index (χ1) is 11.3. The predicted octanol–water partition coefficient (Wildman–Crippen LogP) is 1.91. The number of anilines is 1. The number of nitrogens with zero attached hydrogens (tertiary/aromatic N) is 2. The van der Waals surface area contributed by atoms with E-state index in [2.05, 4.69) is 50.8 Å². The highest BCUT2D eigenvalue weighted by atomic mass is 35.5.